The number of nitrogens with one attached hydrogen (secondary N) is 1. The molecule has 1 N–H and O–H groups in total. The van der Waals surface area contributed by atoms with Gasteiger partial charge in [-0.25, -0.2) is 0 Å². The highest BCUT2D eigenvalue weighted by Gasteiger charge is 2.15. The molecule has 0 aliphatic rings. The number of pyridine rings is 1. The second kappa shape index (κ2) is 12.1. The van der Waals surface area contributed by atoms with Gasteiger partial charge in [-0.2, -0.15) is 0 Å². The Morgan fingerprint density at radius 1 is 1.15 bits per heavy atom. The van der Waals surface area contributed by atoms with E-state index < -0.39 is 13.9 Å². The summed E-state index contributed by atoms with van der Waals surface area (Å²) in [5, 5.41) is 3.80. The first-order chi connectivity index (χ1) is 16.3. The van der Waals surface area contributed by atoms with E-state index in [-0.39, 0.29) is 18.9 Å². The predicted molar refractivity (Wildman–Crippen MR) is 129 cm³/mol. The van der Waals surface area contributed by atoms with Crippen LogP contribution in [-0.2, 0) is 24.8 Å². The maximum absolute atomic E-state index is 12.7. The molecule has 0 aliphatic carbocycles. The number of aromatic nitrogens is 1. The Morgan fingerprint density at radius 3 is 2.62 bits per heavy atom. The van der Waals surface area contributed by atoms with Crippen molar-refractivity contribution in [2.45, 2.75) is 39.2 Å². The predicted octanol–water partition coefficient (Wildman–Crippen LogP) is 4.26. The summed E-state index contributed by atoms with van der Waals surface area (Å²) in [7, 11) is -2.66. The van der Waals surface area contributed by atoms with Crippen LogP contribution < -0.4 is 14.9 Å². The standard InChI is InChI=1S/C25H31N2O6P/c1-18(2)33-34(29,30)32-14-8-7-13-26-24(28)15-20-17-27-23-12-11-21(31-3)16-22(23)25(20)19-9-5-4-6-10-19/h4-6,9-12,16-18H,7-8,13-15H2,1-3H3,(H,26,28)(H,29,30)/p-1. The largest absolute Gasteiger partial charge is 0.756 e. The molecule has 0 spiro atoms. The van der Waals surface area contributed by atoms with E-state index in [9.17, 15) is 14.3 Å². The number of phosphoric acid groups is 1. The summed E-state index contributed by atoms with van der Waals surface area (Å²) in [5.41, 5.74) is 3.57. The highest BCUT2D eigenvalue weighted by Crippen LogP contribution is 2.39. The van der Waals surface area contributed by atoms with Gasteiger partial charge in [-0.05, 0) is 61.6 Å². The molecule has 0 bridgehead atoms. The first kappa shape index (κ1) is 25.8. The molecular formula is C25H30N2O6P-. The van der Waals surface area contributed by atoms with Crippen molar-refractivity contribution in [2.75, 3.05) is 20.3 Å². The van der Waals surface area contributed by atoms with Crippen LogP contribution in [0.2, 0.25) is 0 Å². The Morgan fingerprint density at radius 2 is 1.91 bits per heavy atom. The van der Waals surface area contributed by atoms with E-state index in [1.54, 1.807) is 27.2 Å². The minimum absolute atomic E-state index is 0.0119. The maximum Gasteiger partial charge on any atom is 0.268 e. The summed E-state index contributed by atoms with van der Waals surface area (Å²) in [6, 6.07) is 15.6. The molecule has 0 aliphatic heterocycles. The van der Waals surface area contributed by atoms with Crippen molar-refractivity contribution >= 4 is 24.6 Å². The molecular weight excluding hydrogens is 455 g/mol. The number of unbranched alkanes of at least 4 members (excludes halogenated alkanes) is 1. The number of phosphoric ester groups is 1. The quantitative estimate of drug-likeness (QED) is 0.302. The smallest absolute Gasteiger partial charge is 0.268 e. The molecule has 8 nitrogen and oxygen atoms in total. The third-order valence-electron chi connectivity index (χ3n) is 5.05. The van der Waals surface area contributed by atoms with Crippen molar-refractivity contribution in [2.24, 2.45) is 0 Å². The highest BCUT2D eigenvalue weighted by molar-refractivity contribution is 7.45. The maximum atomic E-state index is 12.7. The van der Waals surface area contributed by atoms with Gasteiger partial charge < -0.3 is 24.0 Å². The number of benzene rings is 2. The van der Waals surface area contributed by atoms with E-state index in [1.807, 2.05) is 48.5 Å². The normalized spacial score (nSPS) is 13.1. The molecule has 0 radical (unpaired) electrons. The number of hydrogen-bond donors (Lipinski definition) is 1. The van der Waals surface area contributed by atoms with Gasteiger partial charge in [0.15, 0.2) is 0 Å². The van der Waals surface area contributed by atoms with Crippen LogP contribution >= 0.6 is 7.82 Å². The number of nitrogens with zero attached hydrogens (tertiary/aromatic N) is 1. The van der Waals surface area contributed by atoms with Crippen molar-refractivity contribution in [3.8, 4) is 16.9 Å². The summed E-state index contributed by atoms with van der Waals surface area (Å²) in [5.74, 6) is 0.580. The number of rotatable bonds is 12. The molecule has 0 saturated carbocycles. The summed E-state index contributed by atoms with van der Waals surface area (Å²) < 4.78 is 26.5. The van der Waals surface area contributed by atoms with Crippen LogP contribution in [0.3, 0.4) is 0 Å². The third kappa shape index (κ3) is 7.37. The van der Waals surface area contributed by atoms with Crippen LogP contribution in [0.1, 0.15) is 32.3 Å². The van der Waals surface area contributed by atoms with E-state index in [2.05, 4.69) is 10.3 Å². The van der Waals surface area contributed by atoms with Crippen molar-refractivity contribution in [3.05, 3.63) is 60.3 Å². The molecule has 1 unspecified atom stereocenters. The molecule has 1 amide bonds. The van der Waals surface area contributed by atoms with Crippen LogP contribution in [-0.4, -0.2) is 37.3 Å². The van der Waals surface area contributed by atoms with Gasteiger partial charge in [0, 0.05) is 18.1 Å². The number of hydrogen-bond acceptors (Lipinski definition) is 7. The van der Waals surface area contributed by atoms with Gasteiger partial charge in [0.05, 0.1) is 31.8 Å². The Labute approximate surface area is 199 Å². The molecule has 0 saturated heterocycles. The number of carbonyl (C=O) groups excluding carboxylic acids is 1. The molecule has 3 aromatic rings. The fraction of sp³-hybridized carbons (Fsp3) is 0.360. The van der Waals surface area contributed by atoms with Crippen LogP contribution in [0.25, 0.3) is 22.0 Å². The van der Waals surface area contributed by atoms with Gasteiger partial charge in [-0.3, -0.25) is 14.3 Å². The molecule has 2 aromatic carbocycles. The number of methoxy groups -OCH3 is 1. The van der Waals surface area contributed by atoms with Gasteiger partial charge in [0.1, 0.15) is 5.75 Å². The molecule has 1 aromatic heterocycles. The summed E-state index contributed by atoms with van der Waals surface area (Å²) in [4.78, 5) is 28.8. The van der Waals surface area contributed by atoms with Gasteiger partial charge in [0.2, 0.25) is 5.91 Å². The zero-order chi connectivity index (χ0) is 24.6. The van der Waals surface area contributed by atoms with E-state index in [0.29, 0.717) is 19.4 Å². The lowest BCUT2D eigenvalue weighted by Gasteiger charge is -2.24. The van der Waals surface area contributed by atoms with Crippen molar-refractivity contribution in [3.63, 3.8) is 0 Å². The Kier molecular flexibility index (Phi) is 9.19. The molecule has 1 atom stereocenters. The first-order valence-corrected chi connectivity index (χ1v) is 12.7. The minimum Gasteiger partial charge on any atom is -0.756 e. The molecule has 9 heteroatoms. The fourth-order valence-electron chi connectivity index (χ4n) is 3.58. The number of fused-ring (bicyclic) bond motifs is 1. The minimum atomic E-state index is -4.28. The van der Waals surface area contributed by atoms with Gasteiger partial charge in [-0.1, -0.05) is 30.3 Å². The summed E-state index contributed by atoms with van der Waals surface area (Å²) >= 11 is 0. The van der Waals surface area contributed by atoms with Gasteiger partial charge >= 0.3 is 0 Å². The second-order valence-electron chi connectivity index (χ2n) is 8.08. The zero-order valence-corrected chi connectivity index (χ0v) is 20.5. The Balaban J connectivity index is 1.63. The zero-order valence-electron chi connectivity index (χ0n) is 19.7. The second-order valence-corrected chi connectivity index (χ2v) is 9.44. The topological polar surface area (TPSA) is 110 Å². The number of carbonyl (C=O) groups is 1. The SMILES string of the molecule is COc1ccc2ncc(CC(=O)NCCCCOP(=O)([O-])OC(C)C)c(-c3ccccc3)c2c1. The molecule has 1 heterocycles. The lowest BCUT2D eigenvalue weighted by atomic mass is 9.94. The van der Waals surface area contributed by atoms with Crippen molar-refractivity contribution in [1.82, 2.24) is 10.3 Å². The molecule has 0 fully saturated rings. The van der Waals surface area contributed by atoms with Crippen molar-refractivity contribution < 1.29 is 28.0 Å². The molecule has 34 heavy (non-hydrogen) atoms. The number of amides is 1. The van der Waals surface area contributed by atoms with Gasteiger partial charge in [-0.15, -0.1) is 0 Å². The fourth-order valence-corrected chi connectivity index (χ4v) is 4.50. The van der Waals surface area contributed by atoms with E-state index in [1.165, 1.54) is 0 Å². The summed E-state index contributed by atoms with van der Waals surface area (Å²) in [6.45, 7) is 3.66. The van der Waals surface area contributed by atoms with Crippen molar-refractivity contribution in [1.29, 1.82) is 0 Å². The lowest BCUT2D eigenvalue weighted by Crippen LogP contribution is -2.26. The van der Waals surface area contributed by atoms with Crippen LogP contribution in [0.4, 0.5) is 0 Å². The Bertz CT molecular complexity index is 1150. The van der Waals surface area contributed by atoms with E-state index in [0.717, 1.165) is 33.3 Å². The lowest BCUT2D eigenvalue weighted by molar-refractivity contribution is -0.228. The third-order valence-corrected chi connectivity index (χ3v) is 6.23. The summed E-state index contributed by atoms with van der Waals surface area (Å²) in [6.07, 6.45) is 2.49. The average molecular weight is 485 g/mol. The molecule has 3 rings (SSSR count). The Hall–Kier alpha value is -2.77. The average Bonchev–Trinajstić information content (AvgIpc) is 2.80. The first-order valence-electron chi connectivity index (χ1n) is 11.2. The molecule has 182 valence electrons. The highest BCUT2D eigenvalue weighted by atomic mass is 31.2. The monoisotopic (exact) mass is 485 g/mol. The van der Waals surface area contributed by atoms with E-state index >= 15 is 0 Å². The van der Waals surface area contributed by atoms with Crippen LogP contribution in [0.15, 0.2) is 54.7 Å². The van der Waals surface area contributed by atoms with Crippen LogP contribution in [0.5, 0.6) is 5.75 Å². The van der Waals surface area contributed by atoms with E-state index in [4.69, 9.17) is 13.8 Å². The number of ether oxygens (including phenoxy) is 1. The van der Waals surface area contributed by atoms with Gasteiger partial charge in [0.25, 0.3) is 7.82 Å². The van der Waals surface area contributed by atoms with Crippen LogP contribution in [0, 0.1) is 0 Å².